The molecule has 0 atom stereocenters. The van der Waals surface area contributed by atoms with E-state index in [2.05, 4.69) is 21.0 Å². The van der Waals surface area contributed by atoms with Crippen LogP contribution < -0.4 is 0 Å². The molecule has 0 saturated heterocycles. The van der Waals surface area contributed by atoms with Crippen LogP contribution in [0.3, 0.4) is 0 Å². The van der Waals surface area contributed by atoms with Crippen molar-refractivity contribution in [3.8, 4) is 22.6 Å². The van der Waals surface area contributed by atoms with E-state index in [1.807, 2.05) is 42.3 Å². The fourth-order valence-corrected chi connectivity index (χ4v) is 4.00. The van der Waals surface area contributed by atoms with Gasteiger partial charge in [0.2, 0.25) is 0 Å². The lowest BCUT2D eigenvalue weighted by Crippen LogP contribution is -2.41. The van der Waals surface area contributed by atoms with Crippen LogP contribution in [-0.4, -0.2) is 47.6 Å². The Morgan fingerprint density at radius 2 is 2.00 bits per heavy atom. The molecule has 4 aromatic heterocycles. The molecule has 28 heavy (non-hydrogen) atoms. The number of hydrogen-bond acceptors (Lipinski definition) is 5. The molecule has 0 aromatic carbocycles. The van der Waals surface area contributed by atoms with Crippen molar-refractivity contribution >= 4 is 5.65 Å². The average Bonchev–Trinajstić information content (AvgIpc) is 3.40. The monoisotopic (exact) mass is 377 g/mol. The van der Waals surface area contributed by atoms with E-state index in [0.29, 0.717) is 0 Å². The van der Waals surface area contributed by atoms with Gasteiger partial charge in [-0.05, 0) is 25.7 Å². The van der Waals surface area contributed by atoms with Crippen molar-refractivity contribution in [2.24, 2.45) is 7.05 Å². The van der Waals surface area contributed by atoms with Crippen molar-refractivity contribution in [2.45, 2.75) is 31.2 Å². The third kappa shape index (κ3) is 2.72. The zero-order valence-corrected chi connectivity index (χ0v) is 16.1. The second-order valence-electron chi connectivity index (χ2n) is 7.52. The van der Waals surface area contributed by atoms with E-state index in [1.54, 1.807) is 18.0 Å². The summed E-state index contributed by atoms with van der Waals surface area (Å²) in [6.45, 7) is 0.746. The van der Waals surface area contributed by atoms with E-state index in [0.717, 1.165) is 54.2 Å². The molecular weight excluding hydrogens is 354 g/mol. The van der Waals surface area contributed by atoms with Crippen LogP contribution in [0.25, 0.3) is 28.3 Å². The Kier molecular flexibility index (Phi) is 4.01. The number of nitrogens with zero attached hydrogens (tertiary/aromatic N) is 7. The summed E-state index contributed by atoms with van der Waals surface area (Å²) in [7, 11) is 3.66. The maximum absolute atomic E-state index is 5.33. The van der Waals surface area contributed by atoms with Crippen LogP contribution in [-0.2, 0) is 17.3 Å². The van der Waals surface area contributed by atoms with Gasteiger partial charge in [0.1, 0.15) is 11.5 Å². The maximum Gasteiger partial charge on any atom is 0.149 e. The molecule has 8 nitrogen and oxygen atoms in total. The summed E-state index contributed by atoms with van der Waals surface area (Å²) in [6.07, 6.45) is 16.0. The molecule has 0 amide bonds. The van der Waals surface area contributed by atoms with E-state index >= 15 is 0 Å². The Bertz CT molecular complexity index is 1120. The van der Waals surface area contributed by atoms with Gasteiger partial charge < -0.3 is 4.74 Å². The Balaban J connectivity index is 1.58. The molecule has 0 aliphatic heterocycles. The molecule has 0 spiro atoms. The molecule has 0 unspecified atom stereocenters. The second-order valence-corrected chi connectivity index (χ2v) is 7.52. The van der Waals surface area contributed by atoms with Crippen molar-refractivity contribution in [1.82, 2.24) is 33.9 Å². The standard InChI is InChI=1S/C20H23N7O/c1-25-13-15(11-22-25)17-10-18-21-7-8-26(18)19(24-17)16-12-23-27(14-16)20(4-3-5-20)6-9-28-2/h7-8,10-14H,3-6,9H2,1-2H3. The van der Waals surface area contributed by atoms with Crippen molar-refractivity contribution in [3.63, 3.8) is 0 Å². The van der Waals surface area contributed by atoms with Crippen LogP contribution in [0.15, 0.2) is 43.2 Å². The van der Waals surface area contributed by atoms with Gasteiger partial charge in [0, 0.05) is 57.2 Å². The molecule has 1 aliphatic carbocycles. The van der Waals surface area contributed by atoms with Gasteiger partial charge in [-0.15, -0.1) is 0 Å². The number of imidazole rings is 1. The van der Waals surface area contributed by atoms with Gasteiger partial charge in [-0.3, -0.25) is 13.8 Å². The van der Waals surface area contributed by atoms with E-state index in [4.69, 9.17) is 14.8 Å². The Morgan fingerprint density at radius 3 is 2.71 bits per heavy atom. The van der Waals surface area contributed by atoms with Crippen LogP contribution in [0, 0.1) is 0 Å². The van der Waals surface area contributed by atoms with E-state index in [-0.39, 0.29) is 5.54 Å². The first-order chi connectivity index (χ1) is 13.7. The molecule has 0 N–H and O–H groups in total. The van der Waals surface area contributed by atoms with Gasteiger partial charge in [0.05, 0.1) is 29.2 Å². The predicted molar refractivity (Wildman–Crippen MR) is 105 cm³/mol. The van der Waals surface area contributed by atoms with Gasteiger partial charge >= 0.3 is 0 Å². The van der Waals surface area contributed by atoms with Crippen LogP contribution in [0.2, 0.25) is 0 Å². The zero-order chi connectivity index (χ0) is 19.1. The maximum atomic E-state index is 5.33. The number of fused-ring (bicyclic) bond motifs is 1. The van der Waals surface area contributed by atoms with Crippen LogP contribution in [0.1, 0.15) is 25.7 Å². The van der Waals surface area contributed by atoms with Gasteiger partial charge in [-0.2, -0.15) is 10.2 Å². The first-order valence-electron chi connectivity index (χ1n) is 9.56. The molecule has 5 rings (SSSR count). The first-order valence-corrected chi connectivity index (χ1v) is 9.56. The molecule has 0 radical (unpaired) electrons. The molecule has 1 aliphatic rings. The number of aromatic nitrogens is 7. The van der Waals surface area contributed by atoms with E-state index < -0.39 is 0 Å². The minimum absolute atomic E-state index is 0.0727. The van der Waals surface area contributed by atoms with Crippen molar-refractivity contribution in [2.75, 3.05) is 13.7 Å². The van der Waals surface area contributed by atoms with Gasteiger partial charge in [-0.25, -0.2) is 9.97 Å². The highest BCUT2D eigenvalue weighted by atomic mass is 16.5. The van der Waals surface area contributed by atoms with Gasteiger partial charge in [0.15, 0.2) is 0 Å². The smallest absolute Gasteiger partial charge is 0.149 e. The molecule has 144 valence electrons. The molecule has 1 saturated carbocycles. The Labute approximate surface area is 162 Å². The van der Waals surface area contributed by atoms with E-state index in [1.165, 1.54) is 6.42 Å². The average molecular weight is 377 g/mol. The minimum atomic E-state index is 0.0727. The quantitative estimate of drug-likeness (QED) is 0.516. The normalized spacial score (nSPS) is 15.8. The van der Waals surface area contributed by atoms with Gasteiger partial charge in [-0.1, -0.05) is 0 Å². The summed E-state index contributed by atoms with van der Waals surface area (Å²) >= 11 is 0. The molecule has 1 fully saturated rings. The lowest BCUT2D eigenvalue weighted by Gasteiger charge is -2.42. The van der Waals surface area contributed by atoms with Crippen molar-refractivity contribution in [3.05, 3.63) is 43.2 Å². The second kappa shape index (κ2) is 6.56. The van der Waals surface area contributed by atoms with Gasteiger partial charge in [0.25, 0.3) is 0 Å². The SMILES string of the molecule is COCCC1(n2cc(-c3nc(-c4cnn(C)c4)cc4nccn34)cn2)CCC1. The Morgan fingerprint density at radius 1 is 1.14 bits per heavy atom. The molecule has 8 heteroatoms. The molecular formula is C20H23N7O. The lowest BCUT2D eigenvalue weighted by atomic mass is 9.74. The fourth-order valence-electron chi connectivity index (χ4n) is 4.00. The highest BCUT2D eigenvalue weighted by Crippen LogP contribution is 2.42. The summed E-state index contributed by atoms with van der Waals surface area (Å²) in [6, 6.07) is 1.98. The first kappa shape index (κ1) is 17.1. The predicted octanol–water partition coefficient (Wildman–Crippen LogP) is 2.91. The van der Waals surface area contributed by atoms with Crippen LogP contribution in [0.4, 0.5) is 0 Å². The highest BCUT2D eigenvalue weighted by Gasteiger charge is 2.39. The van der Waals surface area contributed by atoms with Crippen molar-refractivity contribution < 1.29 is 4.74 Å². The van der Waals surface area contributed by atoms with Crippen LogP contribution in [0.5, 0.6) is 0 Å². The van der Waals surface area contributed by atoms with Crippen LogP contribution >= 0.6 is 0 Å². The third-order valence-corrected chi connectivity index (χ3v) is 5.77. The summed E-state index contributed by atoms with van der Waals surface area (Å²) in [4.78, 5) is 9.39. The third-order valence-electron chi connectivity index (χ3n) is 5.77. The number of ether oxygens (including phenoxy) is 1. The fraction of sp³-hybridized carbons (Fsp3) is 0.400. The molecule has 0 bridgehead atoms. The number of hydrogen-bond donors (Lipinski definition) is 0. The number of methoxy groups -OCH3 is 1. The minimum Gasteiger partial charge on any atom is -0.385 e. The number of aryl methyl sites for hydroxylation is 1. The van der Waals surface area contributed by atoms with Crippen molar-refractivity contribution in [1.29, 1.82) is 0 Å². The highest BCUT2D eigenvalue weighted by molar-refractivity contribution is 5.68. The Hall–Kier alpha value is -3.00. The summed E-state index contributed by atoms with van der Waals surface area (Å²) < 4.78 is 11.2. The van der Waals surface area contributed by atoms with E-state index in [9.17, 15) is 0 Å². The number of rotatable bonds is 6. The molecule has 4 heterocycles. The molecule has 4 aromatic rings. The summed E-state index contributed by atoms with van der Waals surface area (Å²) in [5.74, 6) is 0.835. The summed E-state index contributed by atoms with van der Waals surface area (Å²) in [5.41, 5.74) is 3.74. The topological polar surface area (TPSA) is 75.1 Å². The largest absolute Gasteiger partial charge is 0.385 e. The summed E-state index contributed by atoms with van der Waals surface area (Å²) in [5, 5.41) is 8.98. The lowest BCUT2D eigenvalue weighted by molar-refractivity contribution is 0.0674. The zero-order valence-electron chi connectivity index (χ0n) is 16.1.